The third-order valence-electron chi connectivity index (χ3n) is 2.83. The van der Waals surface area contributed by atoms with Gasteiger partial charge in [-0.1, -0.05) is 29.3 Å². The summed E-state index contributed by atoms with van der Waals surface area (Å²) in [7, 11) is 0. The summed E-state index contributed by atoms with van der Waals surface area (Å²) in [5.41, 5.74) is 6.14. The minimum atomic E-state index is -0.465. The van der Waals surface area contributed by atoms with Crippen LogP contribution in [-0.4, -0.2) is 11.0 Å². The zero-order chi connectivity index (χ0) is 17.0. The third kappa shape index (κ3) is 4.79. The summed E-state index contributed by atoms with van der Waals surface area (Å²) in [6.07, 6.45) is 0. The molecule has 0 radical (unpaired) electrons. The average Bonchev–Trinajstić information content (AvgIpc) is 2.46. The highest BCUT2D eigenvalue weighted by Crippen LogP contribution is 2.27. The number of benzene rings is 2. The van der Waals surface area contributed by atoms with Gasteiger partial charge in [-0.15, -0.1) is 0 Å². The van der Waals surface area contributed by atoms with E-state index in [0.29, 0.717) is 11.3 Å². The topological polar surface area (TPSA) is 64.3 Å². The van der Waals surface area contributed by atoms with Crippen LogP contribution >= 0.6 is 35.4 Å². The molecule has 0 fully saturated rings. The van der Waals surface area contributed by atoms with Crippen LogP contribution in [0.25, 0.3) is 0 Å². The maximum Gasteiger partial charge on any atom is 0.257 e. The second-order valence-corrected chi connectivity index (χ2v) is 5.74. The first kappa shape index (κ1) is 17.5. The van der Waals surface area contributed by atoms with E-state index in [1.165, 1.54) is 36.4 Å². The SMILES string of the molecule is NC(=S)NC(=O)c1ccc(OCc2ccc(F)cc2Cl)c(Cl)c1. The van der Waals surface area contributed by atoms with E-state index in [1.54, 1.807) is 0 Å². The monoisotopic (exact) mass is 372 g/mol. The molecule has 8 heteroatoms. The molecule has 0 aliphatic heterocycles. The van der Waals surface area contributed by atoms with Crippen molar-refractivity contribution in [3.63, 3.8) is 0 Å². The Bertz CT molecular complexity index is 771. The molecule has 0 aromatic heterocycles. The molecule has 3 N–H and O–H groups in total. The van der Waals surface area contributed by atoms with E-state index in [2.05, 4.69) is 17.5 Å². The molecule has 0 heterocycles. The fourth-order valence-corrected chi connectivity index (χ4v) is 2.29. The third-order valence-corrected chi connectivity index (χ3v) is 3.58. The summed E-state index contributed by atoms with van der Waals surface area (Å²) < 4.78 is 18.5. The first-order valence-electron chi connectivity index (χ1n) is 6.34. The summed E-state index contributed by atoms with van der Waals surface area (Å²) in [5.74, 6) is -0.531. The Morgan fingerprint density at radius 1 is 1.22 bits per heavy atom. The molecule has 0 aliphatic rings. The lowest BCUT2D eigenvalue weighted by Crippen LogP contribution is -2.34. The van der Waals surface area contributed by atoms with Crippen LogP contribution in [0, 0.1) is 5.82 Å². The number of hydrogen-bond donors (Lipinski definition) is 2. The van der Waals surface area contributed by atoms with E-state index in [1.807, 2.05) is 0 Å². The molecule has 0 bridgehead atoms. The van der Waals surface area contributed by atoms with Gasteiger partial charge in [-0.3, -0.25) is 10.1 Å². The molecule has 0 saturated heterocycles. The van der Waals surface area contributed by atoms with Crippen molar-refractivity contribution in [2.24, 2.45) is 5.73 Å². The first-order valence-corrected chi connectivity index (χ1v) is 7.50. The van der Waals surface area contributed by atoms with E-state index in [0.717, 1.165) is 0 Å². The maximum atomic E-state index is 13.0. The molecule has 4 nitrogen and oxygen atoms in total. The van der Waals surface area contributed by atoms with E-state index < -0.39 is 11.7 Å². The first-order chi connectivity index (χ1) is 10.9. The second kappa shape index (κ2) is 7.59. The normalized spacial score (nSPS) is 10.2. The standard InChI is InChI=1S/C15H11Cl2FN2O2S/c16-11-6-10(18)3-1-9(11)7-22-13-4-2-8(5-12(13)17)14(21)20-15(19)23/h1-6H,7H2,(H3,19,20,21,23). The van der Waals surface area contributed by atoms with Crippen LogP contribution < -0.4 is 15.8 Å². The average molecular weight is 373 g/mol. The number of carbonyl (C=O) groups is 1. The molecule has 2 aromatic carbocycles. The molecular formula is C15H11Cl2FN2O2S. The fraction of sp³-hybridized carbons (Fsp3) is 0.0667. The van der Waals surface area contributed by atoms with Crippen molar-refractivity contribution in [1.29, 1.82) is 0 Å². The number of carbonyl (C=O) groups excluding carboxylic acids is 1. The van der Waals surface area contributed by atoms with Crippen LogP contribution in [0.1, 0.15) is 15.9 Å². The summed E-state index contributed by atoms with van der Waals surface area (Å²) in [5, 5.41) is 2.66. The molecule has 0 unspecified atom stereocenters. The smallest absolute Gasteiger partial charge is 0.257 e. The van der Waals surface area contributed by atoms with Crippen LogP contribution in [0.4, 0.5) is 4.39 Å². The highest BCUT2D eigenvalue weighted by molar-refractivity contribution is 7.80. The van der Waals surface area contributed by atoms with E-state index in [-0.39, 0.29) is 27.3 Å². The number of ether oxygens (including phenoxy) is 1. The number of rotatable bonds is 4. The highest BCUT2D eigenvalue weighted by atomic mass is 35.5. The number of nitrogens with two attached hydrogens (primary N) is 1. The summed E-state index contributed by atoms with van der Waals surface area (Å²) in [6.45, 7) is 0.108. The van der Waals surface area contributed by atoms with E-state index in [9.17, 15) is 9.18 Å². The van der Waals surface area contributed by atoms with Gasteiger partial charge < -0.3 is 10.5 Å². The van der Waals surface area contributed by atoms with Crippen LogP contribution in [-0.2, 0) is 6.61 Å². The van der Waals surface area contributed by atoms with Crippen LogP contribution in [0.15, 0.2) is 36.4 Å². The Kier molecular flexibility index (Phi) is 5.76. The Labute approximate surface area is 147 Å². The van der Waals surface area contributed by atoms with Gasteiger partial charge in [0.05, 0.1) is 10.0 Å². The van der Waals surface area contributed by atoms with Gasteiger partial charge in [0.15, 0.2) is 5.11 Å². The number of nitrogens with one attached hydrogen (secondary N) is 1. The van der Waals surface area contributed by atoms with E-state index >= 15 is 0 Å². The second-order valence-electron chi connectivity index (χ2n) is 4.49. The quantitative estimate of drug-likeness (QED) is 0.803. The van der Waals surface area contributed by atoms with Gasteiger partial charge in [-0.2, -0.15) is 0 Å². The molecule has 0 spiro atoms. The summed E-state index contributed by atoms with van der Waals surface area (Å²) in [6, 6.07) is 8.49. The van der Waals surface area contributed by atoms with Crippen molar-refractivity contribution in [2.45, 2.75) is 6.61 Å². The predicted molar refractivity (Wildman–Crippen MR) is 91.4 cm³/mol. The van der Waals surface area contributed by atoms with Crippen molar-refractivity contribution in [3.8, 4) is 5.75 Å². The molecule has 0 saturated carbocycles. The van der Waals surface area contributed by atoms with Crippen molar-refractivity contribution < 1.29 is 13.9 Å². The lowest BCUT2D eigenvalue weighted by molar-refractivity contribution is 0.0977. The minimum Gasteiger partial charge on any atom is -0.487 e. The number of amides is 1. The zero-order valence-corrected chi connectivity index (χ0v) is 13.9. The minimum absolute atomic E-state index is 0.108. The van der Waals surface area contributed by atoms with E-state index in [4.69, 9.17) is 33.7 Å². The predicted octanol–water partition coefficient (Wildman–Crippen LogP) is 3.68. The van der Waals surface area contributed by atoms with Crippen LogP contribution in [0.5, 0.6) is 5.75 Å². The molecule has 2 aromatic rings. The van der Waals surface area contributed by atoms with Gasteiger partial charge in [0.2, 0.25) is 0 Å². The van der Waals surface area contributed by atoms with Gasteiger partial charge >= 0.3 is 0 Å². The summed E-state index contributed by atoms with van der Waals surface area (Å²) in [4.78, 5) is 11.7. The fourth-order valence-electron chi connectivity index (χ4n) is 1.74. The zero-order valence-electron chi connectivity index (χ0n) is 11.6. The molecule has 0 aliphatic carbocycles. The van der Waals surface area contributed by atoms with Crippen molar-refractivity contribution in [3.05, 3.63) is 63.4 Å². The molecule has 0 atom stereocenters. The van der Waals surface area contributed by atoms with Gasteiger partial charge in [0.25, 0.3) is 5.91 Å². The van der Waals surface area contributed by atoms with Crippen molar-refractivity contribution in [2.75, 3.05) is 0 Å². The van der Waals surface area contributed by atoms with Crippen molar-refractivity contribution >= 4 is 46.4 Å². The lowest BCUT2D eigenvalue weighted by Gasteiger charge is -2.10. The Balaban J connectivity index is 2.09. The van der Waals surface area contributed by atoms with Gasteiger partial charge in [0.1, 0.15) is 18.2 Å². The molecular weight excluding hydrogens is 362 g/mol. The number of thiocarbonyl (C=S) groups is 1. The van der Waals surface area contributed by atoms with Crippen LogP contribution in [0.3, 0.4) is 0 Å². The summed E-state index contributed by atoms with van der Waals surface area (Å²) >= 11 is 16.6. The van der Waals surface area contributed by atoms with Crippen LogP contribution in [0.2, 0.25) is 10.0 Å². The largest absolute Gasteiger partial charge is 0.487 e. The number of halogens is 3. The Morgan fingerprint density at radius 3 is 2.57 bits per heavy atom. The highest BCUT2D eigenvalue weighted by Gasteiger charge is 2.11. The maximum absolute atomic E-state index is 13.0. The number of hydrogen-bond acceptors (Lipinski definition) is 3. The molecule has 2 rings (SSSR count). The Hall–Kier alpha value is -1.89. The van der Waals surface area contributed by atoms with Gasteiger partial charge in [0, 0.05) is 11.1 Å². The van der Waals surface area contributed by atoms with Gasteiger partial charge in [-0.05, 0) is 42.5 Å². The molecule has 23 heavy (non-hydrogen) atoms. The van der Waals surface area contributed by atoms with Gasteiger partial charge in [-0.25, -0.2) is 4.39 Å². The van der Waals surface area contributed by atoms with Crippen molar-refractivity contribution in [1.82, 2.24) is 5.32 Å². The molecule has 120 valence electrons. The lowest BCUT2D eigenvalue weighted by atomic mass is 10.2. The molecule has 1 amide bonds. The Morgan fingerprint density at radius 2 is 1.96 bits per heavy atom.